The van der Waals surface area contributed by atoms with Crippen LogP contribution >= 0.6 is 0 Å². The van der Waals surface area contributed by atoms with Gasteiger partial charge in [0.05, 0.1) is 15.9 Å². The number of hydrogen-bond acceptors (Lipinski definition) is 5. The van der Waals surface area contributed by atoms with E-state index < -0.39 is 33.1 Å². The lowest BCUT2D eigenvalue weighted by atomic mass is 10.0. The molecule has 0 spiro atoms. The molecule has 1 aliphatic rings. The lowest BCUT2D eigenvalue weighted by Gasteiger charge is -2.04. The topological polar surface area (TPSA) is 143 Å². The Morgan fingerprint density at radius 1 is 1.33 bits per heavy atom. The van der Waals surface area contributed by atoms with Gasteiger partial charge < -0.3 is 10.6 Å². The molecule has 1 rings (SSSR count). The standard InChI is InChI=1S/C6H4N4O5/c7-8-4-1-3(9(12)13)2-5(6(4)11)10(14)15/h1-2,6,11H. The van der Waals surface area contributed by atoms with E-state index in [1.54, 1.807) is 0 Å². The zero-order valence-corrected chi connectivity index (χ0v) is 7.10. The predicted molar refractivity (Wildman–Crippen MR) is 44.8 cm³/mol. The second-order valence-corrected chi connectivity index (χ2v) is 2.58. The summed E-state index contributed by atoms with van der Waals surface area (Å²) in [5.41, 5.74) is 6.39. The van der Waals surface area contributed by atoms with E-state index in [9.17, 15) is 25.3 Å². The van der Waals surface area contributed by atoms with Crippen molar-refractivity contribution in [2.75, 3.05) is 0 Å². The van der Waals surface area contributed by atoms with E-state index >= 15 is 0 Å². The molecule has 1 N–H and O–H groups in total. The van der Waals surface area contributed by atoms with Gasteiger partial charge in [-0.25, -0.2) is 0 Å². The van der Waals surface area contributed by atoms with E-state index in [1.807, 2.05) is 0 Å². The van der Waals surface area contributed by atoms with Gasteiger partial charge in [0, 0.05) is 0 Å². The summed E-state index contributed by atoms with van der Waals surface area (Å²) in [6.07, 6.45) is -0.412. The molecule has 0 heterocycles. The van der Waals surface area contributed by atoms with Crippen molar-refractivity contribution in [1.29, 1.82) is 0 Å². The monoisotopic (exact) mass is 212 g/mol. The van der Waals surface area contributed by atoms with E-state index in [1.165, 1.54) is 0 Å². The number of nitrogens with zero attached hydrogens (tertiary/aromatic N) is 4. The van der Waals surface area contributed by atoms with Crippen LogP contribution < -0.4 is 0 Å². The average Bonchev–Trinajstić information content (AvgIpc) is 2.17. The normalized spacial score (nSPS) is 20.1. The fraction of sp³-hybridized carbons (Fsp3) is 0.167. The van der Waals surface area contributed by atoms with Crippen molar-refractivity contribution in [1.82, 2.24) is 0 Å². The first-order valence-corrected chi connectivity index (χ1v) is 3.59. The van der Waals surface area contributed by atoms with Gasteiger partial charge in [-0.1, -0.05) is 0 Å². The molecule has 1 unspecified atom stereocenters. The molecule has 0 aliphatic heterocycles. The molecule has 0 aromatic heterocycles. The summed E-state index contributed by atoms with van der Waals surface area (Å²) in [5, 5.41) is 30.0. The Labute approximate surface area is 81.9 Å². The van der Waals surface area contributed by atoms with Crippen LogP contribution in [0.5, 0.6) is 0 Å². The Balaban J connectivity index is 3.30. The van der Waals surface area contributed by atoms with E-state index in [2.05, 4.69) is 4.79 Å². The molecule has 15 heavy (non-hydrogen) atoms. The second-order valence-electron chi connectivity index (χ2n) is 2.58. The van der Waals surface area contributed by atoms with Gasteiger partial charge in [-0.2, -0.15) is 4.79 Å². The van der Waals surface area contributed by atoms with Crippen LogP contribution in [-0.2, 0) is 0 Å². The molecule has 1 aliphatic carbocycles. The van der Waals surface area contributed by atoms with Crippen LogP contribution in [0.2, 0.25) is 0 Å². The zero-order valence-electron chi connectivity index (χ0n) is 7.10. The van der Waals surface area contributed by atoms with Crippen LogP contribution in [0.3, 0.4) is 0 Å². The predicted octanol–water partition coefficient (Wildman–Crippen LogP) is -0.647. The summed E-state index contributed by atoms with van der Waals surface area (Å²) in [5.74, 6) is 0. The minimum atomic E-state index is -1.77. The second kappa shape index (κ2) is 3.78. The van der Waals surface area contributed by atoms with E-state index in [4.69, 9.17) is 5.53 Å². The number of aliphatic hydroxyl groups is 1. The zero-order chi connectivity index (χ0) is 11.6. The molecule has 0 radical (unpaired) electrons. The van der Waals surface area contributed by atoms with Crippen LogP contribution in [0.1, 0.15) is 0 Å². The van der Waals surface area contributed by atoms with Crippen molar-refractivity contribution in [2.45, 2.75) is 6.10 Å². The van der Waals surface area contributed by atoms with Gasteiger partial charge in [0.15, 0.2) is 0 Å². The van der Waals surface area contributed by atoms with Crippen molar-refractivity contribution in [2.24, 2.45) is 0 Å². The SMILES string of the molecule is [N-]=[N+]=C1C=C([N+](=O)[O-])C=C([N+](=O)[O-])C1O. The summed E-state index contributed by atoms with van der Waals surface area (Å²) in [4.78, 5) is 21.4. The molecule has 0 aromatic carbocycles. The molecular weight excluding hydrogens is 208 g/mol. The maximum absolute atomic E-state index is 10.4. The largest absolute Gasteiger partial charge is 0.372 e. The van der Waals surface area contributed by atoms with Crippen LogP contribution in [0, 0.1) is 20.2 Å². The maximum atomic E-state index is 10.4. The van der Waals surface area contributed by atoms with Crippen LogP contribution in [0.25, 0.3) is 5.53 Å². The Morgan fingerprint density at radius 2 is 1.93 bits per heavy atom. The van der Waals surface area contributed by atoms with Gasteiger partial charge in [-0.3, -0.25) is 20.2 Å². The van der Waals surface area contributed by atoms with E-state index in [0.29, 0.717) is 6.08 Å². The fourth-order valence-corrected chi connectivity index (χ4v) is 0.996. The molecule has 78 valence electrons. The number of nitro groups is 2. The van der Waals surface area contributed by atoms with Gasteiger partial charge in [0.1, 0.15) is 6.08 Å². The minimum absolute atomic E-state index is 0.545. The molecule has 1 atom stereocenters. The van der Waals surface area contributed by atoms with Gasteiger partial charge in [-0.15, -0.1) is 0 Å². The van der Waals surface area contributed by atoms with Gasteiger partial charge in [-0.05, 0) is 0 Å². The van der Waals surface area contributed by atoms with Crippen molar-refractivity contribution in [3.8, 4) is 0 Å². The third-order valence-electron chi connectivity index (χ3n) is 1.69. The highest BCUT2D eigenvalue weighted by atomic mass is 16.6. The lowest BCUT2D eigenvalue weighted by Crippen LogP contribution is -2.30. The molecule has 9 heteroatoms. The van der Waals surface area contributed by atoms with E-state index in [0.717, 1.165) is 6.08 Å². The molecule has 0 aromatic rings. The van der Waals surface area contributed by atoms with Crippen molar-refractivity contribution in [3.63, 3.8) is 0 Å². The van der Waals surface area contributed by atoms with Crippen LogP contribution in [0.15, 0.2) is 23.5 Å². The summed E-state index contributed by atoms with van der Waals surface area (Å²) in [6.45, 7) is 0. The molecule has 0 amide bonds. The molecule has 0 saturated carbocycles. The highest BCUT2D eigenvalue weighted by Gasteiger charge is 2.39. The van der Waals surface area contributed by atoms with Crippen LogP contribution in [0.4, 0.5) is 0 Å². The molecule has 0 bridgehead atoms. The first-order valence-electron chi connectivity index (χ1n) is 3.59. The van der Waals surface area contributed by atoms with Crippen LogP contribution in [-0.4, -0.2) is 31.6 Å². The molecule has 0 saturated heterocycles. The van der Waals surface area contributed by atoms with Crippen molar-refractivity contribution < 1.29 is 19.7 Å². The lowest BCUT2D eigenvalue weighted by molar-refractivity contribution is -0.441. The maximum Gasteiger partial charge on any atom is 0.338 e. The van der Waals surface area contributed by atoms with Crippen molar-refractivity contribution in [3.05, 3.63) is 49.3 Å². The van der Waals surface area contributed by atoms with Gasteiger partial charge >= 0.3 is 5.71 Å². The first-order chi connectivity index (χ1) is 6.97. The Kier molecular flexibility index (Phi) is 2.70. The quantitative estimate of drug-likeness (QED) is 0.280. The number of allylic oxidation sites excluding steroid dienone is 1. The molecule has 9 nitrogen and oxygen atoms in total. The third kappa shape index (κ3) is 1.93. The number of rotatable bonds is 2. The first kappa shape index (κ1) is 10.7. The molecule has 0 fully saturated rings. The Morgan fingerprint density at radius 3 is 2.33 bits per heavy atom. The highest BCUT2D eigenvalue weighted by molar-refractivity contribution is 5.97. The summed E-state index contributed by atoms with van der Waals surface area (Å²) in [7, 11) is 0. The average molecular weight is 212 g/mol. The molecular formula is C6H4N4O5. The van der Waals surface area contributed by atoms with E-state index in [-0.39, 0.29) is 0 Å². The smallest absolute Gasteiger partial charge is 0.338 e. The highest BCUT2D eigenvalue weighted by Crippen LogP contribution is 2.16. The van der Waals surface area contributed by atoms with Crippen molar-refractivity contribution >= 4 is 5.71 Å². The third-order valence-corrected chi connectivity index (χ3v) is 1.69. The minimum Gasteiger partial charge on any atom is -0.372 e. The van der Waals surface area contributed by atoms with Gasteiger partial charge in [0.25, 0.3) is 11.4 Å². The summed E-state index contributed by atoms with van der Waals surface area (Å²) in [6, 6.07) is 0. The fourth-order valence-electron chi connectivity index (χ4n) is 0.996. The Bertz CT molecular complexity index is 444. The number of aliphatic hydroxyl groups excluding tert-OH is 1. The van der Waals surface area contributed by atoms with Gasteiger partial charge in [0.2, 0.25) is 6.10 Å². The summed E-state index contributed by atoms with van der Waals surface area (Å²) >= 11 is 0. The summed E-state index contributed by atoms with van der Waals surface area (Å²) < 4.78 is 0. The Hall–Kier alpha value is -2.38. The number of hydrogen-bond donors (Lipinski definition) is 1.